The number of rotatable bonds is 4. The molecule has 1 atom stereocenters. The molecule has 0 N–H and O–H groups in total. The van der Waals surface area contributed by atoms with E-state index < -0.39 is 0 Å². The van der Waals surface area contributed by atoms with Crippen molar-refractivity contribution in [3.8, 4) is 5.75 Å². The van der Waals surface area contributed by atoms with Crippen molar-refractivity contribution in [2.24, 2.45) is 0 Å². The van der Waals surface area contributed by atoms with Gasteiger partial charge in [0.1, 0.15) is 5.75 Å². The van der Waals surface area contributed by atoms with Gasteiger partial charge in [0.15, 0.2) is 5.78 Å². The van der Waals surface area contributed by atoms with E-state index >= 15 is 0 Å². The van der Waals surface area contributed by atoms with E-state index in [1.807, 2.05) is 13.0 Å². The minimum absolute atomic E-state index is 0.00866. The van der Waals surface area contributed by atoms with Crippen LogP contribution in [0.1, 0.15) is 24.2 Å². The number of benzene rings is 1. The smallest absolute Gasteiger partial charge is 0.179 e. The maximum Gasteiger partial charge on any atom is 0.179 e. The van der Waals surface area contributed by atoms with Gasteiger partial charge < -0.3 is 4.74 Å². The average molecular weight is 289 g/mol. The topological polar surface area (TPSA) is 26.3 Å². The third kappa shape index (κ3) is 3.24. The molecule has 2 nitrogen and oxygen atoms in total. The summed E-state index contributed by atoms with van der Waals surface area (Å²) in [5.41, 5.74) is 0.578. The molecule has 0 amide bonds. The van der Waals surface area contributed by atoms with Crippen LogP contribution in [0.2, 0.25) is 0 Å². The van der Waals surface area contributed by atoms with Gasteiger partial charge in [0.25, 0.3) is 0 Å². The number of carbonyl (C=O) groups excluding carboxylic acids is 1. The minimum atomic E-state index is -0.216. The van der Waals surface area contributed by atoms with Gasteiger partial charge in [-0.25, -0.2) is 0 Å². The normalized spacial score (nSPS) is 12.3. The van der Waals surface area contributed by atoms with E-state index in [9.17, 15) is 4.79 Å². The van der Waals surface area contributed by atoms with Crippen LogP contribution in [0.4, 0.5) is 0 Å². The summed E-state index contributed by atoms with van der Waals surface area (Å²) in [5, 5.41) is 0. The highest BCUT2D eigenvalue weighted by Gasteiger charge is 2.17. The lowest BCUT2D eigenvalue weighted by molar-refractivity contribution is 0.0992. The Kier molecular flexibility index (Phi) is 4.67. The van der Waals surface area contributed by atoms with Gasteiger partial charge in [-0.15, -0.1) is 12.6 Å². The van der Waals surface area contributed by atoms with E-state index in [2.05, 4.69) is 28.6 Å². The van der Waals surface area contributed by atoms with E-state index in [0.29, 0.717) is 17.9 Å². The Hall–Kier alpha value is -0.480. The second-order valence-electron chi connectivity index (χ2n) is 3.09. The first-order chi connectivity index (χ1) is 7.06. The first-order valence-electron chi connectivity index (χ1n) is 4.70. The molecule has 0 aliphatic rings. The molecule has 0 aliphatic carbocycles. The highest BCUT2D eigenvalue weighted by atomic mass is 79.9. The second kappa shape index (κ2) is 5.56. The third-order valence-electron chi connectivity index (χ3n) is 1.89. The summed E-state index contributed by atoms with van der Waals surface area (Å²) in [7, 11) is 0. The van der Waals surface area contributed by atoms with Crippen molar-refractivity contribution in [1.82, 2.24) is 0 Å². The molecule has 0 saturated heterocycles. The van der Waals surface area contributed by atoms with Crippen LogP contribution < -0.4 is 4.74 Å². The number of ketones is 1. The van der Waals surface area contributed by atoms with E-state index in [1.165, 1.54) is 0 Å². The fraction of sp³-hybridized carbons (Fsp3) is 0.364. The largest absolute Gasteiger partial charge is 0.493 e. The van der Waals surface area contributed by atoms with Crippen LogP contribution in [0.15, 0.2) is 23.1 Å². The van der Waals surface area contributed by atoms with Crippen molar-refractivity contribution in [3.63, 3.8) is 0 Å². The van der Waals surface area contributed by atoms with Gasteiger partial charge in [0.2, 0.25) is 0 Å². The second-order valence-corrected chi connectivity index (χ2v) is 4.98. The molecule has 0 heterocycles. The van der Waals surface area contributed by atoms with Crippen LogP contribution >= 0.6 is 28.6 Å². The summed E-state index contributed by atoms with van der Waals surface area (Å²) in [5.74, 6) is 0.626. The summed E-state index contributed by atoms with van der Waals surface area (Å²) in [6.07, 6.45) is 0. The molecule has 4 heteroatoms. The van der Waals surface area contributed by atoms with Crippen LogP contribution in [-0.4, -0.2) is 17.2 Å². The highest BCUT2D eigenvalue weighted by molar-refractivity contribution is 9.10. The van der Waals surface area contributed by atoms with Crippen LogP contribution in [0.25, 0.3) is 0 Å². The van der Waals surface area contributed by atoms with Crippen LogP contribution in [0, 0.1) is 0 Å². The number of ether oxygens (including phenoxy) is 1. The molecule has 0 bridgehead atoms. The first kappa shape index (κ1) is 12.6. The monoisotopic (exact) mass is 288 g/mol. The fourth-order valence-electron chi connectivity index (χ4n) is 1.21. The minimum Gasteiger partial charge on any atom is -0.493 e. The zero-order valence-corrected chi connectivity index (χ0v) is 11.1. The van der Waals surface area contributed by atoms with Gasteiger partial charge in [-0.3, -0.25) is 4.79 Å². The van der Waals surface area contributed by atoms with Crippen LogP contribution in [0.5, 0.6) is 5.75 Å². The zero-order chi connectivity index (χ0) is 11.4. The summed E-state index contributed by atoms with van der Waals surface area (Å²) >= 11 is 7.47. The Bertz CT molecular complexity index is 364. The molecule has 1 aromatic carbocycles. The third-order valence-corrected chi connectivity index (χ3v) is 2.58. The van der Waals surface area contributed by atoms with E-state index in [0.717, 1.165) is 4.90 Å². The van der Waals surface area contributed by atoms with E-state index in [1.54, 1.807) is 19.1 Å². The van der Waals surface area contributed by atoms with Crippen molar-refractivity contribution < 1.29 is 9.53 Å². The molecular formula is C11H13BrO2S. The molecule has 0 spiro atoms. The molecule has 1 unspecified atom stereocenters. The van der Waals surface area contributed by atoms with Crippen molar-refractivity contribution >= 4 is 34.3 Å². The van der Waals surface area contributed by atoms with Crippen molar-refractivity contribution in [1.29, 1.82) is 0 Å². The zero-order valence-electron chi connectivity index (χ0n) is 8.66. The molecule has 0 aliphatic heterocycles. The molecule has 82 valence electrons. The Balaban J connectivity index is 3.12. The predicted molar refractivity (Wildman–Crippen MR) is 67.6 cm³/mol. The van der Waals surface area contributed by atoms with Gasteiger partial charge in [-0.05, 0) is 32.0 Å². The summed E-state index contributed by atoms with van der Waals surface area (Å²) in [4.78, 5) is 12.4. The average Bonchev–Trinajstić information content (AvgIpc) is 2.20. The first-order valence-corrected chi connectivity index (χ1v) is 6.06. The molecule has 1 rings (SSSR count). The fourth-order valence-corrected chi connectivity index (χ4v) is 1.66. The maximum absolute atomic E-state index is 11.8. The number of alkyl halides is 1. The van der Waals surface area contributed by atoms with Crippen molar-refractivity contribution in [2.75, 3.05) is 6.61 Å². The Morgan fingerprint density at radius 2 is 2.27 bits per heavy atom. The Morgan fingerprint density at radius 3 is 2.80 bits per heavy atom. The maximum atomic E-state index is 11.8. The number of thiol groups is 1. The van der Waals surface area contributed by atoms with Gasteiger partial charge in [-0.1, -0.05) is 15.9 Å². The van der Waals surface area contributed by atoms with Crippen molar-refractivity contribution in [3.05, 3.63) is 23.8 Å². The Morgan fingerprint density at radius 1 is 1.60 bits per heavy atom. The van der Waals surface area contributed by atoms with Crippen LogP contribution in [-0.2, 0) is 0 Å². The van der Waals surface area contributed by atoms with Crippen LogP contribution in [0.3, 0.4) is 0 Å². The standard InChI is InChI=1S/C11H13BrO2S/c1-3-14-10-5-4-8(15)6-9(10)11(13)7(2)12/h4-7,15H,3H2,1-2H3. The lowest BCUT2D eigenvalue weighted by Crippen LogP contribution is -2.12. The molecule has 0 fully saturated rings. The lowest BCUT2D eigenvalue weighted by Gasteiger charge is -2.10. The molecule has 0 radical (unpaired) electrons. The number of Topliss-reactive ketones (excluding diaryl/α,β-unsaturated/α-hetero) is 1. The number of hydrogen-bond acceptors (Lipinski definition) is 3. The molecule has 1 aromatic rings. The van der Waals surface area contributed by atoms with Crippen molar-refractivity contribution in [2.45, 2.75) is 23.6 Å². The molecule has 0 saturated carbocycles. The lowest BCUT2D eigenvalue weighted by atomic mass is 10.1. The van der Waals surface area contributed by atoms with Gasteiger partial charge >= 0.3 is 0 Å². The number of hydrogen-bond donors (Lipinski definition) is 1. The summed E-state index contributed by atoms with van der Waals surface area (Å²) in [6, 6.07) is 5.31. The number of carbonyl (C=O) groups is 1. The molecule has 15 heavy (non-hydrogen) atoms. The van der Waals surface area contributed by atoms with Gasteiger partial charge in [0, 0.05) is 4.90 Å². The van der Waals surface area contributed by atoms with E-state index in [4.69, 9.17) is 4.74 Å². The predicted octanol–water partition coefficient (Wildman–Crippen LogP) is 3.34. The highest BCUT2D eigenvalue weighted by Crippen LogP contribution is 2.24. The number of halogens is 1. The quantitative estimate of drug-likeness (QED) is 0.523. The molecule has 0 aromatic heterocycles. The Labute approximate surface area is 104 Å². The van der Waals surface area contributed by atoms with E-state index in [-0.39, 0.29) is 10.6 Å². The summed E-state index contributed by atoms with van der Waals surface area (Å²) in [6.45, 7) is 4.23. The summed E-state index contributed by atoms with van der Waals surface area (Å²) < 4.78 is 5.39. The van der Waals surface area contributed by atoms with Gasteiger partial charge in [-0.2, -0.15) is 0 Å². The SMILES string of the molecule is CCOc1ccc(S)cc1C(=O)C(C)Br. The molecular weight excluding hydrogens is 276 g/mol. The van der Waals surface area contributed by atoms with Gasteiger partial charge in [0.05, 0.1) is 17.0 Å².